The van der Waals surface area contributed by atoms with Gasteiger partial charge >= 0.3 is 0 Å². The third-order valence-corrected chi connectivity index (χ3v) is 2.57. The smallest absolute Gasteiger partial charge is 0.181 e. The molecule has 0 aromatic heterocycles. The number of ether oxygens (including phenoxy) is 2. The normalized spacial score (nSPS) is 11.9. The summed E-state index contributed by atoms with van der Waals surface area (Å²) in [7, 11) is 1.68. The first-order valence-corrected chi connectivity index (χ1v) is 6.03. The molecule has 1 aromatic rings. The summed E-state index contributed by atoms with van der Waals surface area (Å²) in [6.45, 7) is 5.90. The highest BCUT2D eigenvalue weighted by molar-refractivity contribution is 5.41. The van der Waals surface area contributed by atoms with Gasteiger partial charge in [0, 0.05) is 25.8 Å². The van der Waals surface area contributed by atoms with Crippen molar-refractivity contribution in [1.29, 1.82) is 5.26 Å². The van der Waals surface area contributed by atoms with E-state index in [9.17, 15) is 0 Å². The second-order valence-electron chi connectivity index (χ2n) is 4.12. The van der Waals surface area contributed by atoms with E-state index in [0.29, 0.717) is 13.2 Å². The summed E-state index contributed by atoms with van der Waals surface area (Å²) in [4.78, 5) is 0. The lowest BCUT2D eigenvalue weighted by Gasteiger charge is -2.15. The fraction of sp³-hybridized carbons (Fsp3) is 0.500. The van der Waals surface area contributed by atoms with Gasteiger partial charge in [0.2, 0.25) is 0 Å². The molecule has 1 rings (SSSR count). The first-order chi connectivity index (χ1) is 8.69. The molecule has 0 aliphatic carbocycles. The second-order valence-corrected chi connectivity index (χ2v) is 4.12. The number of methoxy groups -OCH3 is 1. The Hall–Kier alpha value is -1.57. The van der Waals surface area contributed by atoms with Crippen LogP contribution in [0.5, 0.6) is 5.75 Å². The van der Waals surface area contributed by atoms with E-state index in [4.69, 9.17) is 14.7 Å². The van der Waals surface area contributed by atoms with Gasteiger partial charge in [0.1, 0.15) is 11.8 Å². The van der Waals surface area contributed by atoms with Crippen molar-refractivity contribution in [2.24, 2.45) is 0 Å². The van der Waals surface area contributed by atoms with Gasteiger partial charge in [-0.3, -0.25) is 0 Å². The van der Waals surface area contributed by atoms with Gasteiger partial charge in [0.25, 0.3) is 0 Å². The number of rotatable bonds is 7. The predicted octanol–water partition coefficient (Wildman–Crippen LogP) is 2.02. The molecule has 0 saturated heterocycles. The third-order valence-electron chi connectivity index (χ3n) is 2.57. The van der Waals surface area contributed by atoms with Crippen molar-refractivity contribution >= 4 is 0 Å². The van der Waals surface area contributed by atoms with Crippen molar-refractivity contribution in [2.45, 2.75) is 26.5 Å². The number of hydrogen-bond donors (Lipinski definition) is 1. The minimum absolute atomic E-state index is 0.441. The van der Waals surface area contributed by atoms with Gasteiger partial charge in [-0.15, -0.1) is 0 Å². The van der Waals surface area contributed by atoms with Crippen molar-refractivity contribution < 1.29 is 9.47 Å². The molecule has 0 spiro atoms. The molecule has 18 heavy (non-hydrogen) atoms. The Bertz CT molecular complexity index is 413. The van der Waals surface area contributed by atoms with Crippen LogP contribution in [0.2, 0.25) is 0 Å². The summed E-state index contributed by atoms with van der Waals surface area (Å²) >= 11 is 0. The molecule has 4 nitrogen and oxygen atoms in total. The zero-order valence-electron chi connectivity index (χ0n) is 11.2. The van der Waals surface area contributed by atoms with Gasteiger partial charge in [-0.2, -0.15) is 5.26 Å². The van der Waals surface area contributed by atoms with Gasteiger partial charge in [0.15, 0.2) is 6.10 Å². The minimum atomic E-state index is -0.441. The Labute approximate surface area is 109 Å². The molecule has 0 aliphatic rings. The highest BCUT2D eigenvalue weighted by Crippen LogP contribution is 2.24. The highest BCUT2D eigenvalue weighted by atomic mass is 16.5. The largest absolute Gasteiger partial charge is 0.475 e. The fourth-order valence-corrected chi connectivity index (χ4v) is 1.62. The Kier molecular flexibility index (Phi) is 6.20. The summed E-state index contributed by atoms with van der Waals surface area (Å²) in [5.74, 6) is 0.802. The van der Waals surface area contributed by atoms with Crippen LogP contribution in [-0.2, 0) is 11.3 Å². The molecule has 0 heterocycles. The molecule has 1 aromatic carbocycles. The average molecular weight is 248 g/mol. The average Bonchev–Trinajstić information content (AvgIpc) is 2.38. The van der Waals surface area contributed by atoms with Crippen molar-refractivity contribution in [3.8, 4) is 11.8 Å². The molecule has 0 fully saturated rings. The van der Waals surface area contributed by atoms with Crippen LogP contribution < -0.4 is 10.1 Å². The molecule has 1 unspecified atom stereocenters. The van der Waals surface area contributed by atoms with E-state index in [-0.39, 0.29) is 0 Å². The Morgan fingerprint density at radius 1 is 1.44 bits per heavy atom. The predicted molar refractivity (Wildman–Crippen MR) is 70.5 cm³/mol. The molecule has 4 heteroatoms. The van der Waals surface area contributed by atoms with Crippen LogP contribution in [0.1, 0.15) is 18.1 Å². The van der Waals surface area contributed by atoms with E-state index < -0.39 is 6.10 Å². The molecule has 0 saturated carbocycles. The molecule has 1 N–H and O–H groups in total. The first-order valence-electron chi connectivity index (χ1n) is 6.03. The maximum absolute atomic E-state index is 8.82. The molecular weight excluding hydrogens is 228 g/mol. The summed E-state index contributed by atoms with van der Waals surface area (Å²) in [6.07, 6.45) is -0.441. The summed E-state index contributed by atoms with van der Waals surface area (Å²) in [6, 6.07) is 8.06. The molecule has 0 aliphatic heterocycles. The molecular formula is C14H20N2O2. The quantitative estimate of drug-likeness (QED) is 0.750. The molecule has 98 valence electrons. The third kappa shape index (κ3) is 4.36. The molecule has 0 bridgehead atoms. The maximum Gasteiger partial charge on any atom is 0.181 e. The minimum Gasteiger partial charge on any atom is -0.475 e. The summed E-state index contributed by atoms with van der Waals surface area (Å²) in [5.41, 5.74) is 2.11. The highest BCUT2D eigenvalue weighted by Gasteiger charge is 2.10. The van der Waals surface area contributed by atoms with E-state index in [1.54, 1.807) is 14.0 Å². The molecule has 0 radical (unpaired) electrons. The van der Waals surface area contributed by atoms with Crippen molar-refractivity contribution in [3.63, 3.8) is 0 Å². The van der Waals surface area contributed by atoms with E-state index in [0.717, 1.165) is 23.4 Å². The lowest BCUT2D eigenvalue weighted by Crippen LogP contribution is -2.20. The van der Waals surface area contributed by atoms with Crippen molar-refractivity contribution in [3.05, 3.63) is 29.3 Å². The van der Waals surface area contributed by atoms with Crippen LogP contribution in [0.15, 0.2) is 18.2 Å². The maximum atomic E-state index is 8.82. The number of nitrogens with zero attached hydrogens (tertiary/aromatic N) is 1. The zero-order valence-corrected chi connectivity index (χ0v) is 11.2. The number of benzene rings is 1. The number of aryl methyl sites for hydroxylation is 1. The van der Waals surface area contributed by atoms with Crippen molar-refractivity contribution in [1.82, 2.24) is 5.32 Å². The monoisotopic (exact) mass is 248 g/mol. The van der Waals surface area contributed by atoms with Crippen LogP contribution in [0.25, 0.3) is 0 Å². The topological polar surface area (TPSA) is 54.3 Å². The number of para-hydroxylation sites is 1. The Morgan fingerprint density at radius 3 is 2.89 bits per heavy atom. The van der Waals surface area contributed by atoms with E-state index in [1.807, 2.05) is 25.1 Å². The van der Waals surface area contributed by atoms with Crippen LogP contribution >= 0.6 is 0 Å². The SMILES string of the molecule is COCCNCc1cccc(C)c1OC(C)C#N. The van der Waals surface area contributed by atoms with Gasteiger partial charge in [-0.05, 0) is 19.4 Å². The number of hydrogen-bond acceptors (Lipinski definition) is 4. The zero-order chi connectivity index (χ0) is 13.4. The number of nitrogens with one attached hydrogen (secondary N) is 1. The van der Waals surface area contributed by atoms with Gasteiger partial charge in [-0.1, -0.05) is 18.2 Å². The standard InChI is InChI=1S/C14H20N2O2/c1-11-5-4-6-13(10-16-7-8-17-3)14(11)18-12(2)9-15/h4-6,12,16H,7-8,10H2,1-3H3. The number of nitriles is 1. The van der Waals surface area contributed by atoms with E-state index in [2.05, 4.69) is 11.4 Å². The lowest BCUT2D eigenvalue weighted by molar-refractivity contribution is 0.199. The van der Waals surface area contributed by atoms with Crippen LogP contribution in [0, 0.1) is 18.3 Å². The van der Waals surface area contributed by atoms with Crippen LogP contribution in [0.3, 0.4) is 0 Å². The summed E-state index contributed by atoms with van der Waals surface area (Å²) < 4.78 is 10.6. The second kappa shape index (κ2) is 7.70. The van der Waals surface area contributed by atoms with Crippen LogP contribution in [0.4, 0.5) is 0 Å². The van der Waals surface area contributed by atoms with Crippen molar-refractivity contribution in [2.75, 3.05) is 20.3 Å². The summed E-state index contributed by atoms with van der Waals surface area (Å²) in [5, 5.41) is 12.1. The molecule has 0 amide bonds. The lowest BCUT2D eigenvalue weighted by atomic mass is 10.1. The Balaban J connectivity index is 2.71. The van der Waals surface area contributed by atoms with Crippen LogP contribution in [-0.4, -0.2) is 26.4 Å². The van der Waals surface area contributed by atoms with Gasteiger partial charge in [0.05, 0.1) is 6.61 Å². The van der Waals surface area contributed by atoms with Gasteiger partial charge in [-0.25, -0.2) is 0 Å². The first kappa shape index (κ1) is 14.5. The van der Waals surface area contributed by atoms with E-state index >= 15 is 0 Å². The Morgan fingerprint density at radius 2 is 2.22 bits per heavy atom. The van der Waals surface area contributed by atoms with E-state index in [1.165, 1.54) is 0 Å². The fourth-order valence-electron chi connectivity index (χ4n) is 1.62. The van der Waals surface area contributed by atoms with Gasteiger partial charge < -0.3 is 14.8 Å². The molecule has 1 atom stereocenters.